The second-order valence-electron chi connectivity index (χ2n) is 19.4. The number of fused-ring (bicyclic) bond motifs is 10. The summed E-state index contributed by atoms with van der Waals surface area (Å²) in [4.78, 5) is 31.6. The number of ether oxygens (including phenoxy) is 4. The Bertz CT molecular complexity index is 2610. The summed E-state index contributed by atoms with van der Waals surface area (Å²) in [7, 11) is -7.61. The molecule has 0 spiro atoms. The maximum absolute atomic E-state index is 14.5. The number of benzene rings is 2. The van der Waals surface area contributed by atoms with Crippen molar-refractivity contribution in [2.75, 3.05) is 26.3 Å². The van der Waals surface area contributed by atoms with Crippen molar-refractivity contribution in [1.82, 2.24) is 9.80 Å². The van der Waals surface area contributed by atoms with Crippen LogP contribution in [0.3, 0.4) is 0 Å². The summed E-state index contributed by atoms with van der Waals surface area (Å²) in [5.74, 6) is 0.708. The number of carbonyl (C=O) groups is 2. The molecule has 0 N–H and O–H groups in total. The van der Waals surface area contributed by atoms with Crippen LogP contribution in [-0.4, -0.2) is 98.9 Å². The molecule has 0 radical (unpaired) electrons. The summed E-state index contributed by atoms with van der Waals surface area (Å²) < 4.78 is 87.3. The molecule has 4 bridgehead atoms. The average Bonchev–Trinajstić information content (AvgIpc) is 4.15. The van der Waals surface area contributed by atoms with Crippen LogP contribution in [0.1, 0.15) is 137 Å². The van der Waals surface area contributed by atoms with Crippen molar-refractivity contribution in [2.24, 2.45) is 14.7 Å². The summed E-state index contributed by atoms with van der Waals surface area (Å²) in [5.41, 5.74) is 6.43. The lowest BCUT2D eigenvalue weighted by atomic mass is 9.78. The Morgan fingerprint density at radius 2 is 1.27 bits per heavy atom. The zero-order valence-electron chi connectivity index (χ0n) is 38.3. The number of hydrogen-bond donors (Lipinski definition) is 0. The first kappa shape index (κ1) is 46.7. The quantitative estimate of drug-likeness (QED) is 0.274. The van der Waals surface area contributed by atoms with E-state index < -0.39 is 30.5 Å². The molecule has 2 aromatic rings. The fourth-order valence-electron chi connectivity index (χ4n) is 10.6. The molecule has 2 saturated heterocycles. The highest BCUT2D eigenvalue weighted by Crippen LogP contribution is 2.45. The van der Waals surface area contributed by atoms with E-state index in [1.165, 1.54) is 11.2 Å². The van der Waals surface area contributed by atoms with Crippen molar-refractivity contribution >= 4 is 54.9 Å². The van der Waals surface area contributed by atoms with E-state index >= 15 is 0 Å². The molecule has 14 nitrogen and oxygen atoms in total. The fraction of sp³-hybridized carbons (Fsp3) is 0.592. The van der Waals surface area contributed by atoms with Crippen LogP contribution in [-0.2, 0) is 45.5 Å². The molecule has 356 valence electrons. The highest BCUT2D eigenvalue weighted by atomic mass is 35.5. The SMILES string of the molecule is Cc1c(Cl)ccc2c1C1CCC(CC1)O/C=C1/C(=N/S(=O)(=O)C3CC3)CC(Cc3ccc4c(c3C)C3CCC(CC3)O/C=C3/C(=N/S(=O)(=O)C(C)C)CCCN3C(=O)CO4)CN1C(=O)CO2. The van der Waals surface area contributed by atoms with E-state index in [9.17, 15) is 26.4 Å². The van der Waals surface area contributed by atoms with Crippen LogP contribution in [0.15, 0.2) is 57.0 Å². The number of sulfonamides is 2. The van der Waals surface area contributed by atoms with E-state index in [-0.39, 0.29) is 55.0 Å². The minimum absolute atomic E-state index is 0.107. The van der Waals surface area contributed by atoms with Gasteiger partial charge in [-0.2, -0.15) is 8.80 Å². The normalized spacial score (nSPS) is 29.3. The van der Waals surface area contributed by atoms with E-state index in [2.05, 4.69) is 15.7 Å². The predicted octanol–water partition coefficient (Wildman–Crippen LogP) is 8.34. The van der Waals surface area contributed by atoms with Crippen LogP contribution in [0, 0.1) is 19.8 Å². The van der Waals surface area contributed by atoms with Crippen LogP contribution < -0.4 is 9.47 Å². The minimum Gasteiger partial charge on any atom is -0.496 e. The van der Waals surface area contributed by atoms with Gasteiger partial charge in [0.05, 0.1) is 34.1 Å². The molecule has 6 heterocycles. The molecule has 1 atom stereocenters. The maximum Gasteiger partial charge on any atom is 0.265 e. The average molecular weight is 966 g/mol. The summed E-state index contributed by atoms with van der Waals surface area (Å²) >= 11 is 6.63. The second kappa shape index (κ2) is 18.9. The third kappa shape index (κ3) is 9.78. The third-order valence-electron chi connectivity index (χ3n) is 14.6. The standard InChI is InChI=1S/C49H61ClN4O10S2/c1-29(2)65(57,58)51-40-6-5-21-53-42(40)25-61-36-12-7-33(8-13-36)48-30(3)35(11-19-44(48)63-27-46(53)55)22-32-23-41(52-66(59,60)38-16-17-38)43-26-62-37-14-9-34(10-15-37)49-31(4)39(50)18-20-45(49)64-28-47(56)54(43)24-32/h11,18-20,25-26,29,32-34,36-38H,5-10,12-17,21-24,27-28H2,1-4H3/b42-25-,43-26-,51-40+,52-41+. The van der Waals surface area contributed by atoms with Gasteiger partial charge >= 0.3 is 0 Å². The van der Waals surface area contributed by atoms with Gasteiger partial charge in [-0.1, -0.05) is 17.7 Å². The first-order valence-corrected chi connectivity index (χ1v) is 27.1. The predicted molar refractivity (Wildman–Crippen MR) is 252 cm³/mol. The van der Waals surface area contributed by atoms with Gasteiger partial charge in [0.25, 0.3) is 31.9 Å². The van der Waals surface area contributed by atoms with Crippen LogP contribution in [0.2, 0.25) is 5.02 Å². The van der Waals surface area contributed by atoms with E-state index in [4.69, 9.17) is 30.5 Å². The zero-order chi connectivity index (χ0) is 46.5. The zero-order valence-corrected chi connectivity index (χ0v) is 40.7. The van der Waals surface area contributed by atoms with Gasteiger partial charge in [-0.25, -0.2) is 16.8 Å². The van der Waals surface area contributed by atoms with Gasteiger partial charge in [0.1, 0.15) is 35.4 Å². The van der Waals surface area contributed by atoms with Gasteiger partial charge in [0.15, 0.2) is 13.2 Å². The van der Waals surface area contributed by atoms with E-state index in [1.54, 1.807) is 31.1 Å². The molecule has 9 aliphatic rings. The number of carbonyl (C=O) groups excluding carboxylic acids is 2. The molecule has 17 heteroatoms. The van der Waals surface area contributed by atoms with Gasteiger partial charge in [-0.05, 0) is 170 Å². The van der Waals surface area contributed by atoms with Crippen LogP contribution >= 0.6 is 11.6 Å². The van der Waals surface area contributed by atoms with Crippen LogP contribution in [0.4, 0.5) is 0 Å². The van der Waals surface area contributed by atoms with Crippen molar-refractivity contribution in [1.29, 1.82) is 0 Å². The number of amides is 2. The van der Waals surface area contributed by atoms with E-state index in [1.807, 2.05) is 25.1 Å². The van der Waals surface area contributed by atoms with Gasteiger partial charge in [-0.15, -0.1) is 0 Å². The maximum atomic E-state index is 14.5. The highest BCUT2D eigenvalue weighted by Gasteiger charge is 2.41. The largest absolute Gasteiger partial charge is 0.496 e. The first-order chi connectivity index (χ1) is 31.6. The monoisotopic (exact) mass is 964 g/mol. The minimum atomic E-state index is -3.83. The number of nitrogens with zero attached hydrogens (tertiary/aromatic N) is 4. The molecule has 1 unspecified atom stereocenters. The lowest BCUT2D eigenvalue weighted by Gasteiger charge is -2.36. The molecule has 11 rings (SSSR count). The van der Waals surface area contributed by atoms with Crippen molar-refractivity contribution < 1.29 is 45.4 Å². The van der Waals surface area contributed by atoms with Crippen molar-refractivity contribution in [2.45, 2.75) is 152 Å². The molecule has 0 aromatic heterocycles. The van der Waals surface area contributed by atoms with Crippen LogP contribution in [0.25, 0.3) is 0 Å². The number of halogens is 1. The molecular formula is C49H61ClN4O10S2. The van der Waals surface area contributed by atoms with E-state index in [0.29, 0.717) is 91.0 Å². The Balaban J connectivity index is 1.02. The number of allylic oxidation sites excluding steroid dienone is 2. The second-order valence-corrected chi connectivity index (χ2v) is 23.9. The molecule has 3 aliphatic carbocycles. The Labute approximate surface area is 393 Å². The molecule has 2 aromatic carbocycles. The van der Waals surface area contributed by atoms with Gasteiger partial charge in [-0.3, -0.25) is 9.59 Å². The summed E-state index contributed by atoms with van der Waals surface area (Å²) in [6, 6.07) is 7.59. The molecule has 6 aliphatic heterocycles. The Morgan fingerprint density at radius 1 is 0.712 bits per heavy atom. The van der Waals surface area contributed by atoms with Gasteiger partial charge < -0.3 is 28.7 Å². The molecule has 2 amide bonds. The van der Waals surface area contributed by atoms with Crippen molar-refractivity contribution in [3.63, 3.8) is 0 Å². The molecule has 5 fully saturated rings. The van der Waals surface area contributed by atoms with E-state index in [0.717, 1.165) is 79.2 Å². The first-order valence-electron chi connectivity index (χ1n) is 23.7. The Kier molecular flexibility index (Phi) is 13.4. The van der Waals surface area contributed by atoms with Gasteiger partial charge in [0, 0.05) is 29.2 Å². The number of piperidine rings is 2. The summed E-state index contributed by atoms with van der Waals surface area (Å²) in [6.45, 7) is 7.37. The third-order valence-corrected chi connectivity index (χ3v) is 18.5. The highest BCUT2D eigenvalue weighted by molar-refractivity contribution is 7.91. The van der Waals surface area contributed by atoms with Crippen LogP contribution in [0.5, 0.6) is 11.5 Å². The van der Waals surface area contributed by atoms with Crippen molar-refractivity contribution in [3.05, 3.63) is 81.0 Å². The fourth-order valence-corrected chi connectivity index (χ4v) is 12.9. The Hall–Kier alpha value is -4.41. The lowest BCUT2D eigenvalue weighted by molar-refractivity contribution is -0.132. The summed E-state index contributed by atoms with van der Waals surface area (Å²) in [6.07, 6.45) is 12.2. The van der Waals surface area contributed by atoms with Crippen molar-refractivity contribution in [3.8, 4) is 11.5 Å². The molecular weight excluding hydrogens is 904 g/mol. The summed E-state index contributed by atoms with van der Waals surface area (Å²) in [5, 5.41) is -0.584. The molecule has 3 saturated carbocycles. The number of hydrogen-bond acceptors (Lipinski definition) is 10. The van der Waals surface area contributed by atoms with Gasteiger partial charge in [0.2, 0.25) is 0 Å². The Morgan fingerprint density at radius 3 is 1.86 bits per heavy atom. The lowest BCUT2D eigenvalue weighted by Crippen LogP contribution is -2.45. The topological polar surface area (TPSA) is 171 Å². The molecule has 66 heavy (non-hydrogen) atoms. The number of rotatable bonds is 6. The smallest absolute Gasteiger partial charge is 0.265 e.